The first-order chi connectivity index (χ1) is 16.0. The number of fused-ring (bicyclic) bond motifs is 1. The highest BCUT2D eigenvalue weighted by atomic mass is 32.2. The standard InChI is InChI=1S/C20H26N4O9S/c21-11(20(30)31)5-7-15(25)23-12(19(29)22-8-16(26)27)9-34-14-6-4-10-2-1-3-13(24(32)33)17(10)18(14)28/h1-4,6,11-12,14,18,24,28,32H,5,7-9,21H2,(H,22,29)(H,23,25)(H,26,27)(H,30,31). The first-order valence-electron chi connectivity index (χ1n) is 10.1. The fraction of sp³-hybridized carbons (Fsp3) is 0.400. The van der Waals surface area contributed by atoms with Gasteiger partial charge >= 0.3 is 11.9 Å². The highest BCUT2D eigenvalue weighted by Gasteiger charge is 2.31. The number of aliphatic hydroxyl groups is 1. The van der Waals surface area contributed by atoms with Crippen molar-refractivity contribution >= 4 is 47.3 Å². The van der Waals surface area contributed by atoms with Crippen molar-refractivity contribution in [3.05, 3.63) is 40.6 Å². The molecule has 5 atom stereocenters. The van der Waals surface area contributed by atoms with Gasteiger partial charge in [-0.2, -0.15) is 5.23 Å². The van der Waals surface area contributed by atoms with Crippen LogP contribution in [0.2, 0.25) is 0 Å². The molecule has 34 heavy (non-hydrogen) atoms. The number of quaternary nitrogens is 1. The molecule has 2 rings (SSSR count). The molecule has 14 heteroatoms. The molecule has 0 heterocycles. The Kier molecular flexibility index (Phi) is 9.97. The number of nitrogens with one attached hydrogen (secondary N) is 3. The third-order valence-corrected chi connectivity index (χ3v) is 6.29. The van der Waals surface area contributed by atoms with Gasteiger partial charge in [0.05, 0.1) is 10.8 Å². The molecule has 0 aromatic heterocycles. The molecule has 2 amide bonds. The summed E-state index contributed by atoms with van der Waals surface area (Å²) in [5.41, 5.74) is 6.09. The lowest BCUT2D eigenvalue weighted by Crippen LogP contribution is -2.99. The summed E-state index contributed by atoms with van der Waals surface area (Å²) in [5, 5.41) is 52.1. The number of benzene rings is 1. The van der Waals surface area contributed by atoms with Crippen LogP contribution < -0.4 is 21.6 Å². The van der Waals surface area contributed by atoms with Gasteiger partial charge in [-0.25, -0.2) is 5.21 Å². The van der Waals surface area contributed by atoms with Crippen molar-refractivity contribution in [2.45, 2.75) is 36.3 Å². The predicted octanol–water partition coefficient (Wildman–Crippen LogP) is -1.87. The Morgan fingerprint density at radius 3 is 2.56 bits per heavy atom. The van der Waals surface area contributed by atoms with Gasteiger partial charge in [-0.05, 0) is 12.0 Å². The van der Waals surface area contributed by atoms with Gasteiger partial charge < -0.3 is 36.9 Å². The number of carboxylic acids is 2. The molecule has 0 bridgehead atoms. The lowest BCUT2D eigenvalue weighted by Gasteiger charge is -2.29. The monoisotopic (exact) mass is 498 g/mol. The van der Waals surface area contributed by atoms with Crippen molar-refractivity contribution in [2.24, 2.45) is 5.73 Å². The van der Waals surface area contributed by atoms with Crippen molar-refractivity contribution in [3.63, 3.8) is 0 Å². The summed E-state index contributed by atoms with van der Waals surface area (Å²) in [6.07, 6.45) is 1.64. The molecular weight excluding hydrogens is 472 g/mol. The molecule has 0 fully saturated rings. The number of hydrogen-bond donors (Lipinski definition) is 8. The first-order valence-corrected chi connectivity index (χ1v) is 11.2. The van der Waals surface area contributed by atoms with E-state index in [-0.39, 0.29) is 29.8 Å². The van der Waals surface area contributed by atoms with Crippen molar-refractivity contribution in [3.8, 4) is 0 Å². The van der Waals surface area contributed by atoms with E-state index >= 15 is 0 Å². The topological polar surface area (TPSA) is 227 Å². The third kappa shape index (κ3) is 7.51. The van der Waals surface area contributed by atoms with Crippen LogP contribution in [0, 0.1) is 5.21 Å². The molecule has 5 unspecified atom stereocenters. The predicted molar refractivity (Wildman–Crippen MR) is 120 cm³/mol. The molecule has 1 aromatic rings. The fourth-order valence-electron chi connectivity index (χ4n) is 3.21. The van der Waals surface area contributed by atoms with Gasteiger partial charge in [0.15, 0.2) is 5.69 Å². The van der Waals surface area contributed by atoms with Crippen LogP contribution in [-0.4, -0.2) is 73.9 Å². The number of hydrogen-bond acceptors (Lipinski definition) is 9. The minimum absolute atomic E-state index is 0.0567. The Morgan fingerprint density at radius 2 is 1.94 bits per heavy atom. The van der Waals surface area contributed by atoms with E-state index in [4.69, 9.17) is 15.9 Å². The highest BCUT2D eigenvalue weighted by molar-refractivity contribution is 8.00. The Bertz CT molecular complexity index is 956. The summed E-state index contributed by atoms with van der Waals surface area (Å²) in [5.74, 6) is -4.10. The van der Waals surface area contributed by atoms with Gasteiger partial charge in [-0.3, -0.25) is 19.2 Å². The van der Waals surface area contributed by atoms with E-state index in [1.807, 2.05) is 0 Å². The SMILES string of the molecule is NC(CCC(=O)NC(CSC1C=Cc2cccc([NH+]([O-])O)c2C1O)C(=O)NCC(=O)O)C(=O)O. The van der Waals surface area contributed by atoms with E-state index in [2.05, 4.69) is 10.6 Å². The molecule has 0 aliphatic heterocycles. The molecule has 0 saturated carbocycles. The minimum atomic E-state index is -1.29. The second-order valence-electron chi connectivity index (χ2n) is 7.43. The Labute approximate surface area is 198 Å². The van der Waals surface area contributed by atoms with E-state index < -0.39 is 59.0 Å². The molecule has 186 valence electrons. The summed E-state index contributed by atoms with van der Waals surface area (Å²) in [6, 6.07) is 2.13. The number of carbonyl (C=O) groups is 4. The Hall–Kier alpha value is -3.01. The summed E-state index contributed by atoms with van der Waals surface area (Å²) in [7, 11) is 0. The lowest BCUT2D eigenvalue weighted by molar-refractivity contribution is -0.991. The number of amides is 2. The molecular formula is C20H26N4O9S. The smallest absolute Gasteiger partial charge is 0.322 e. The maximum Gasteiger partial charge on any atom is 0.322 e. The highest BCUT2D eigenvalue weighted by Crippen LogP contribution is 2.37. The van der Waals surface area contributed by atoms with Crippen LogP contribution in [0.3, 0.4) is 0 Å². The third-order valence-electron chi connectivity index (χ3n) is 4.96. The van der Waals surface area contributed by atoms with E-state index in [9.17, 15) is 34.7 Å². The van der Waals surface area contributed by atoms with Gasteiger partial charge in [-0.15, -0.1) is 11.8 Å². The van der Waals surface area contributed by atoms with Gasteiger partial charge in [0.25, 0.3) is 0 Å². The molecule has 1 aliphatic carbocycles. The number of rotatable bonds is 12. The maximum atomic E-state index is 12.4. The molecule has 1 aliphatic rings. The summed E-state index contributed by atoms with van der Waals surface area (Å²) in [4.78, 5) is 46.3. The Morgan fingerprint density at radius 1 is 1.24 bits per heavy atom. The molecule has 13 nitrogen and oxygen atoms in total. The van der Waals surface area contributed by atoms with Crippen LogP contribution in [0.15, 0.2) is 24.3 Å². The van der Waals surface area contributed by atoms with Crippen LogP contribution in [-0.2, 0) is 19.2 Å². The van der Waals surface area contributed by atoms with Crippen LogP contribution in [0.25, 0.3) is 6.08 Å². The molecule has 0 radical (unpaired) electrons. The number of aliphatic carboxylic acids is 2. The normalized spacial score (nSPS) is 19.4. The molecule has 0 spiro atoms. The second-order valence-corrected chi connectivity index (χ2v) is 8.64. The second kappa shape index (κ2) is 12.5. The van der Waals surface area contributed by atoms with E-state index in [0.29, 0.717) is 5.56 Å². The van der Waals surface area contributed by atoms with Crippen LogP contribution in [0.1, 0.15) is 30.1 Å². The van der Waals surface area contributed by atoms with Crippen molar-refractivity contribution in [2.75, 3.05) is 12.3 Å². The van der Waals surface area contributed by atoms with Gasteiger partial charge in [-0.1, -0.05) is 24.3 Å². The van der Waals surface area contributed by atoms with E-state index in [1.54, 1.807) is 24.3 Å². The first kappa shape index (κ1) is 27.2. The lowest BCUT2D eigenvalue weighted by atomic mass is 9.93. The van der Waals surface area contributed by atoms with E-state index in [1.165, 1.54) is 6.07 Å². The van der Waals surface area contributed by atoms with Crippen LogP contribution in [0.5, 0.6) is 0 Å². The van der Waals surface area contributed by atoms with Gasteiger partial charge in [0, 0.05) is 18.2 Å². The number of thioether (sulfide) groups is 1. The average molecular weight is 499 g/mol. The van der Waals surface area contributed by atoms with Crippen LogP contribution in [0.4, 0.5) is 5.69 Å². The van der Waals surface area contributed by atoms with Crippen molar-refractivity contribution in [1.82, 2.24) is 10.6 Å². The van der Waals surface area contributed by atoms with Gasteiger partial charge in [0.1, 0.15) is 24.7 Å². The van der Waals surface area contributed by atoms with E-state index in [0.717, 1.165) is 11.8 Å². The minimum Gasteiger partial charge on any atom is -0.595 e. The van der Waals surface area contributed by atoms with Crippen LogP contribution >= 0.6 is 11.8 Å². The zero-order chi connectivity index (χ0) is 25.4. The van der Waals surface area contributed by atoms with Gasteiger partial charge in [0.2, 0.25) is 11.8 Å². The zero-order valence-electron chi connectivity index (χ0n) is 17.8. The fourth-order valence-corrected chi connectivity index (χ4v) is 4.37. The summed E-state index contributed by atoms with van der Waals surface area (Å²) < 4.78 is 0. The molecule has 9 N–H and O–H groups in total. The molecule has 0 saturated heterocycles. The summed E-state index contributed by atoms with van der Waals surface area (Å²) in [6.45, 7) is -0.680. The number of nitrogens with two attached hydrogens (primary N) is 1. The maximum absolute atomic E-state index is 12.4. The Balaban J connectivity index is 2.09. The van der Waals surface area contributed by atoms with Crippen molar-refractivity contribution < 1.29 is 44.9 Å². The van der Waals surface area contributed by atoms with Crippen molar-refractivity contribution in [1.29, 1.82) is 0 Å². The number of carbonyl (C=O) groups excluding carboxylic acids is 2. The largest absolute Gasteiger partial charge is 0.595 e. The summed E-state index contributed by atoms with van der Waals surface area (Å²) >= 11 is 1.06. The zero-order valence-corrected chi connectivity index (χ0v) is 18.7. The molecule has 1 aromatic carbocycles. The number of carboxylic acid groups (broad SMARTS) is 2. The average Bonchev–Trinajstić information content (AvgIpc) is 2.78. The number of aliphatic hydroxyl groups excluding tert-OH is 1. The quantitative estimate of drug-likeness (QED) is 0.149.